The molecule has 0 bridgehead atoms. The molecule has 1 N–H and O–H groups in total. The average Bonchev–Trinajstić information content (AvgIpc) is 3.46. The Morgan fingerprint density at radius 1 is 1.29 bits per heavy atom. The first-order valence-electron chi connectivity index (χ1n) is 8.57. The number of benzene rings is 2. The van der Waals surface area contributed by atoms with E-state index in [1.807, 2.05) is 0 Å². The van der Waals surface area contributed by atoms with Gasteiger partial charge in [0.05, 0.1) is 10.7 Å². The number of anilines is 2. The van der Waals surface area contributed by atoms with Gasteiger partial charge in [0.1, 0.15) is 10.8 Å². The second-order valence-corrected chi connectivity index (χ2v) is 8.57. The van der Waals surface area contributed by atoms with Crippen molar-refractivity contribution >= 4 is 38.9 Å². The quantitative estimate of drug-likeness (QED) is 0.543. The van der Waals surface area contributed by atoms with Gasteiger partial charge in [0.25, 0.3) is 10.0 Å². The summed E-state index contributed by atoms with van der Waals surface area (Å²) in [6.45, 7) is 1.89. The number of para-hydroxylation sites is 1. The molecule has 1 aliphatic carbocycles. The Balaban J connectivity index is 1.88. The molecule has 0 spiro atoms. The first-order valence-corrected chi connectivity index (χ1v) is 10.4. The summed E-state index contributed by atoms with van der Waals surface area (Å²) in [5.41, 5.74) is 0.702. The molecule has 0 aromatic heterocycles. The fourth-order valence-electron chi connectivity index (χ4n) is 2.91. The van der Waals surface area contributed by atoms with Crippen molar-refractivity contribution < 1.29 is 18.1 Å². The molecule has 1 aliphatic rings. The number of halogens is 1. The van der Waals surface area contributed by atoms with Gasteiger partial charge in [-0.2, -0.15) is 0 Å². The van der Waals surface area contributed by atoms with Crippen molar-refractivity contribution in [3.8, 4) is 0 Å². The van der Waals surface area contributed by atoms with E-state index in [0.29, 0.717) is 5.69 Å². The summed E-state index contributed by atoms with van der Waals surface area (Å²) in [4.78, 5) is 22.2. The Hall–Kier alpha value is -2.65. The van der Waals surface area contributed by atoms with Crippen molar-refractivity contribution in [3.05, 3.63) is 63.7 Å². The van der Waals surface area contributed by atoms with Crippen LogP contribution in [0.25, 0.3) is 0 Å². The lowest BCUT2D eigenvalue weighted by atomic mass is 10.3. The van der Waals surface area contributed by atoms with Crippen LogP contribution in [0.4, 0.5) is 11.4 Å². The molecular weight excluding hydrogens is 406 g/mol. The van der Waals surface area contributed by atoms with Gasteiger partial charge in [-0.1, -0.05) is 29.8 Å². The second kappa shape index (κ2) is 7.76. The number of nitro groups is 1. The van der Waals surface area contributed by atoms with E-state index in [0.717, 1.165) is 0 Å². The van der Waals surface area contributed by atoms with Gasteiger partial charge in [-0.25, -0.2) is 8.42 Å². The van der Waals surface area contributed by atoms with E-state index < -0.39 is 32.8 Å². The third kappa shape index (κ3) is 3.95. The number of hydrogen-bond acceptors (Lipinski definition) is 5. The maximum Gasteiger partial charge on any atom is 0.265 e. The van der Waals surface area contributed by atoms with Gasteiger partial charge in [-0.3, -0.25) is 19.2 Å². The third-order valence-electron chi connectivity index (χ3n) is 4.46. The van der Waals surface area contributed by atoms with Crippen LogP contribution in [0.1, 0.15) is 13.3 Å². The molecule has 8 nitrogen and oxygen atoms in total. The first-order chi connectivity index (χ1) is 13.3. The minimum Gasteiger partial charge on any atom is -0.326 e. The predicted molar refractivity (Wildman–Crippen MR) is 106 cm³/mol. The summed E-state index contributed by atoms with van der Waals surface area (Å²) < 4.78 is 27.5. The van der Waals surface area contributed by atoms with E-state index in [-0.39, 0.29) is 28.6 Å². The summed E-state index contributed by atoms with van der Waals surface area (Å²) in [7, 11) is -3.98. The van der Waals surface area contributed by atoms with Crippen LogP contribution in [0.5, 0.6) is 0 Å². The zero-order valence-corrected chi connectivity index (χ0v) is 16.5. The number of hydrogen-bond donors (Lipinski definition) is 1. The van der Waals surface area contributed by atoms with Gasteiger partial charge in [0.2, 0.25) is 11.9 Å². The molecule has 28 heavy (non-hydrogen) atoms. The standard InChI is InChI=1S/C18H18ClN3O5S/c1-2-21(13-6-4-3-5-7-13)28(26,27)17-10-12(8-9-15(17)19)20-18(23)14-11-16(14)22(24)25/h3-10,14,16H,2,11H2,1H3,(H,20,23). The SMILES string of the molecule is CCN(c1ccccc1)S(=O)(=O)c1cc(NC(=O)C2CC2[N+](=O)[O-])ccc1Cl. The van der Waals surface area contributed by atoms with E-state index in [1.54, 1.807) is 37.3 Å². The van der Waals surface area contributed by atoms with Crippen LogP contribution in [0.2, 0.25) is 5.02 Å². The molecule has 3 rings (SSSR count). The summed E-state index contributed by atoms with van der Waals surface area (Å²) in [6, 6.07) is 11.8. The number of carbonyl (C=O) groups is 1. The Morgan fingerprint density at radius 3 is 2.54 bits per heavy atom. The molecule has 0 aliphatic heterocycles. The van der Waals surface area contributed by atoms with Crippen molar-refractivity contribution in [1.82, 2.24) is 0 Å². The fourth-order valence-corrected chi connectivity index (χ4v) is 4.89. The molecule has 2 atom stereocenters. The molecule has 2 unspecified atom stereocenters. The highest BCUT2D eigenvalue weighted by molar-refractivity contribution is 7.93. The maximum absolute atomic E-state index is 13.1. The van der Waals surface area contributed by atoms with Crippen LogP contribution >= 0.6 is 11.6 Å². The van der Waals surface area contributed by atoms with Gasteiger partial charge in [0, 0.05) is 23.6 Å². The van der Waals surface area contributed by atoms with Crippen LogP contribution in [-0.2, 0) is 14.8 Å². The van der Waals surface area contributed by atoms with Crippen molar-refractivity contribution in [3.63, 3.8) is 0 Å². The van der Waals surface area contributed by atoms with E-state index in [2.05, 4.69) is 5.32 Å². The van der Waals surface area contributed by atoms with Crippen molar-refractivity contribution in [2.75, 3.05) is 16.2 Å². The third-order valence-corrected chi connectivity index (χ3v) is 6.85. The topological polar surface area (TPSA) is 110 Å². The lowest BCUT2D eigenvalue weighted by Gasteiger charge is -2.23. The minimum absolute atomic E-state index is 0.0157. The van der Waals surface area contributed by atoms with Crippen LogP contribution in [0.3, 0.4) is 0 Å². The number of carbonyl (C=O) groups excluding carboxylic acids is 1. The molecule has 2 aromatic carbocycles. The molecule has 10 heteroatoms. The monoisotopic (exact) mass is 423 g/mol. The summed E-state index contributed by atoms with van der Waals surface area (Å²) in [6.07, 6.45) is 0.176. The van der Waals surface area contributed by atoms with Gasteiger partial charge >= 0.3 is 0 Å². The molecule has 1 amide bonds. The van der Waals surface area contributed by atoms with E-state index in [1.165, 1.54) is 22.5 Å². The molecule has 148 valence electrons. The van der Waals surface area contributed by atoms with Crippen LogP contribution in [-0.4, -0.2) is 31.8 Å². The van der Waals surface area contributed by atoms with Crippen LogP contribution in [0, 0.1) is 16.0 Å². The molecule has 0 heterocycles. The zero-order chi connectivity index (χ0) is 20.5. The summed E-state index contributed by atoms with van der Waals surface area (Å²) in [5.74, 6) is -1.22. The normalized spacial score (nSPS) is 18.4. The molecule has 0 radical (unpaired) electrons. The van der Waals surface area contributed by atoms with Crippen molar-refractivity contribution in [2.24, 2.45) is 5.92 Å². The van der Waals surface area contributed by atoms with Gasteiger partial charge in [-0.15, -0.1) is 0 Å². The Labute approximate surface area is 167 Å². The van der Waals surface area contributed by atoms with E-state index in [9.17, 15) is 23.3 Å². The van der Waals surface area contributed by atoms with E-state index >= 15 is 0 Å². The van der Waals surface area contributed by atoms with Crippen molar-refractivity contribution in [2.45, 2.75) is 24.3 Å². The number of amides is 1. The number of nitrogens with one attached hydrogen (secondary N) is 1. The fraction of sp³-hybridized carbons (Fsp3) is 0.278. The number of rotatable bonds is 7. The van der Waals surface area contributed by atoms with Gasteiger partial charge in [-0.05, 0) is 37.3 Å². The molecule has 1 saturated carbocycles. The van der Waals surface area contributed by atoms with Crippen LogP contribution < -0.4 is 9.62 Å². The predicted octanol–water partition coefficient (Wildman–Crippen LogP) is 3.16. The lowest BCUT2D eigenvalue weighted by molar-refractivity contribution is -0.497. The molecule has 2 aromatic rings. The molecule has 1 fully saturated rings. The molecule has 0 saturated heterocycles. The summed E-state index contributed by atoms with van der Waals surface area (Å²) in [5, 5.41) is 13.3. The zero-order valence-electron chi connectivity index (χ0n) is 14.9. The van der Waals surface area contributed by atoms with Gasteiger partial charge in [0.15, 0.2) is 0 Å². The molecular formula is C18H18ClN3O5S. The Bertz CT molecular complexity index is 1010. The smallest absolute Gasteiger partial charge is 0.265 e. The maximum atomic E-state index is 13.1. The number of sulfonamides is 1. The number of nitrogens with zero attached hydrogens (tertiary/aromatic N) is 2. The highest BCUT2D eigenvalue weighted by atomic mass is 35.5. The average molecular weight is 424 g/mol. The largest absolute Gasteiger partial charge is 0.326 e. The second-order valence-electron chi connectivity index (χ2n) is 6.33. The first kappa shape index (κ1) is 20.1. The Kier molecular flexibility index (Phi) is 5.57. The van der Waals surface area contributed by atoms with Gasteiger partial charge < -0.3 is 5.32 Å². The highest BCUT2D eigenvalue weighted by Crippen LogP contribution is 2.35. The minimum atomic E-state index is -3.98. The Morgan fingerprint density at radius 2 is 1.96 bits per heavy atom. The van der Waals surface area contributed by atoms with Crippen LogP contribution in [0.15, 0.2) is 53.4 Å². The highest BCUT2D eigenvalue weighted by Gasteiger charge is 2.53. The van der Waals surface area contributed by atoms with E-state index in [4.69, 9.17) is 11.6 Å². The lowest BCUT2D eigenvalue weighted by Crippen LogP contribution is -2.31. The van der Waals surface area contributed by atoms with Crippen molar-refractivity contribution in [1.29, 1.82) is 0 Å². The summed E-state index contributed by atoms with van der Waals surface area (Å²) >= 11 is 6.14.